The lowest BCUT2D eigenvalue weighted by molar-refractivity contribution is -0.119. The summed E-state index contributed by atoms with van der Waals surface area (Å²) in [7, 11) is 0. The third-order valence-corrected chi connectivity index (χ3v) is 2.85. The molecule has 0 saturated carbocycles. The van der Waals surface area contributed by atoms with Crippen molar-refractivity contribution in [2.75, 3.05) is 17.7 Å². The monoisotopic (exact) mass is 279 g/mol. The summed E-state index contributed by atoms with van der Waals surface area (Å²) < 4.78 is 4.92. The zero-order valence-electron chi connectivity index (χ0n) is 12.0. The molecule has 0 bridgehead atoms. The van der Waals surface area contributed by atoms with Crippen molar-refractivity contribution in [2.45, 2.75) is 26.8 Å². The second kappa shape index (κ2) is 6.79. The lowest BCUT2D eigenvalue weighted by atomic mass is 10.0. The van der Waals surface area contributed by atoms with E-state index < -0.39 is 17.9 Å². The van der Waals surface area contributed by atoms with Gasteiger partial charge in [0.05, 0.1) is 23.5 Å². The van der Waals surface area contributed by atoms with Gasteiger partial charge in [0, 0.05) is 0 Å². The minimum absolute atomic E-state index is 0.00171. The highest BCUT2D eigenvalue weighted by molar-refractivity contribution is 5.93. The number of nitrogens with one attached hydrogen (secondary N) is 1. The number of ether oxygens (including phenoxy) is 1. The normalized spacial score (nSPS) is 12.0. The minimum Gasteiger partial charge on any atom is -0.462 e. The minimum atomic E-state index is -0.560. The van der Waals surface area contributed by atoms with Crippen LogP contribution in [0.5, 0.6) is 0 Å². The fraction of sp³-hybridized carbons (Fsp3) is 0.429. The molecule has 0 heterocycles. The Bertz CT molecular complexity index is 500. The Morgan fingerprint density at radius 1 is 1.35 bits per heavy atom. The van der Waals surface area contributed by atoms with Gasteiger partial charge in [-0.05, 0) is 31.0 Å². The van der Waals surface area contributed by atoms with Crippen LogP contribution in [-0.2, 0) is 9.53 Å². The first-order valence-corrected chi connectivity index (χ1v) is 6.49. The van der Waals surface area contributed by atoms with Gasteiger partial charge in [0.25, 0.3) is 0 Å². The van der Waals surface area contributed by atoms with Crippen LogP contribution in [0.2, 0.25) is 0 Å². The second-order valence-electron chi connectivity index (χ2n) is 4.79. The standard InChI is InChI=1S/C14H21N3O3/c1-4-20-14(19)9-5-6-10(15)11(7-9)17-12(8(2)3)13(16)18/h5-8,12,17H,4,15H2,1-3H3,(H2,16,18). The van der Waals surface area contributed by atoms with Gasteiger partial charge in [0.2, 0.25) is 5.91 Å². The topological polar surface area (TPSA) is 107 Å². The predicted octanol–water partition coefficient (Wildman–Crippen LogP) is 1.37. The molecule has 0 fully saturated rings. The Morgan fingerprint density at radius 3 is 2.50 bits per heavy atom. The first-order chi connectivity index (χ1) is 9.36. The van der Waals surface area contributed by atoms with Crippen LogP contribution < -0.4 is 16.8 Å². The SMILES string of the molecule is CCOC(=O)c1ccc(N)c(NC(C(N)=O)C(C)C)c1. The van der Waals surface area contributed by atoms with Crippen molar-refractivity contribution in [3.05, 3.63) is 23.8 Å². The first-order valence-electron chi connectivity index (χ1n) is 6.49. The van der Waals surface area contributed by atoms with Gasteiger partial charge in [0.15, 0.2) is 0 Å². The number of esters is 1. The lowest BCUT2D eigenvalue weighted by Gasteiger charge is -2.21. The first kappa shape index (κ1) is 15.8. The third-order valence-electron chi connectivity index (χ3n) is 2.85. The number of carbonyl (C=O) groups excluding carboxylic acids is 2. The van der Waals surface area contributed by atoms with Crippen molar-refractivity contribution in [2.24, 2.45) is 11.7 Å². The van der Waals surface area contributed by atoms with Gasteiger partial charge < -0.3 is 21.5 Å². The van der Waals surface area contributed by atoms with Crippen LogP contribution in [0.4, 0.5) is 11.4 Å². The van der Waals surface area contributed by atoms with Crippen LogP contribution in [-0.4, -0.2) is 24.5 Å². The van der Waals surface area contributed by atoms with E-state index in [9.17, 15) is 9.59 Å². The molecule has 110 valence electrons. The van der Waals surface area contributed by atoms with E-state index in [1.54, 1.807) is 25.1 Å². The summed E-state index contributed by atoms with van der Waals surface area (Å²) in [6, 6.07) is 4.17. The molecule has 1 unspecified atom stereocenters. The van der Waals surface area contributed by atoms with Crippen LogP contribution in [0.1, 0.15) is 31.1 Å². The number of benzene rings is 1. The Morgan fingerprint density at radius 2 is 2.00 bits per heavy atom. The summed E-state index contributed by atoms with van der Waals surface area (Å²) in [5, 5.41) is 2.98. The van der Waals surface area contributed by atoms with E-state index in [0.29, 0.717) is 23.5 Å². The number of rotatable bonds is 6. The number of amides is 1. The van der Waals surface area contributed by atoms with Crippen LogP contribution in [0.15, 0.2) is 18.2 Å². The van der Waals surface area contributed by atoms with Gasteiger partial charge in [-0.15, -0.1) is 0 Å². The predicted molar refractivity (Wildman–Crippen MR) is 78.3 cm³/mol. The van der Waals surface area contributed by atoms with Gasteiger partial charge in [-0.1, -0.05) is 13.8 Å². The van der Waals surface area contributed by atoms with Crippen molar-refractivity contribution in [3.8, 4) is 0 Å². The van der Waals surface area contributed by atoms with Crippen molar-refractivity contribution in [1.29, 1.82) is 0 Å². The molecular weight excluding hydrogens is 258 g/mol. The Labute approximate surface area is 118 Å². The summed E-state index contributed by atoms with van der Waals surface area (Å²) in [6.45, 7) is 5.76. The number of carbonyl (C=O) groups is 2. The van der Waals surface area contributed by atoms with Crippen LogP contribution in [0.25, 0.3) is 0 Å². The molecule has 1 amide bonds. The largest absolute Gasteiger partial charge is 0.462 e. The van der Waals surface area contributed by atoms with Crippen molar-refractivity contribution < 1.29 is 14.3 Å². The summed E-state index contributed by atoms with van der Waals surface area (Å²) >= 11 is 0. The fourth-order valence-electron chi connectivity index (χ4n) is 1.76. The van der Waals surface area contributed by atoms with E-state index in [0.717, 1.165) is 0 Å². The van der Waals surface area contributed by atoms with E-state index in [1.165, 1.54) is 0 Å². The zero-order chi connectivity index (χ0) is 15.3. The average Bonchev–Trinajstić information content (AvgIpc) is 2.37. The quantitative estimate of drug-likeness (QED) is 0.538. The maximum atomic E-state index is 11.7. The molecule has 0 aliphatic heterocycles. The Hall–Kier alpha value is -2.24. The molecule has 1 atom stereocenters. The molecule has 0 saturated heterocycles. The van der Waals surface area contributed by atoms with E-state index in [4.69, 9.17) is 16.2 Å². The molecule has 1 aromatic carbocycles. The van der Waals surface area contributed by atoms with Crippen LogP contribution in [0, 0.1) is 5.92 Å². The number of hydrogen-bond acceptors (Lipinski definition) is 5. The smallest absolute Gasteiger partial charge is 0.338 e. The average molecular weight is 279 g/mol. The van der Waals surface area contributed by atoms with E-state index >= 15 is 0 Å². The van der Waals surface area contributed by atoms with Gasteiger partial charge >= 0.3 is 5.97 Å². The second-order valence-corrected chi connectivity index (χ2v) is 4.79. The van der Waals surface area contributed by atoms with Crippen LogP contribution >= 0.6 is 0 Å². The molecule has 1 rings (SSSR count). The van der Waals surface area contributed by atoms with Gasteiger partial charge in [-0.3, -0.25) is 4.79 Å². The number of nitrogens with two attached hydrogens (primary N) is 2. The van der Waals surface area contributed by atoms with Crippen molar-refractivity contribution in [3.63, 3.8) is 0 Å². The number of anilines is 2. The Balaban J connectivity index is 3.02. The number of hydrogen-bond donors (Lipinski definition) is 3. The lowest BCUT2D eigenvalue weighted by Crippen LogP contribution is -2.39. The van der Waals surface area contributed by atoms with E-state index in [-0.39, 0.29) is 5.92 Å². The molecule has 6 heteroatoms. The van der Waals surface area contributed by atoms with E-state index in [2.05, 4.69) is 5.32 Å². The van der Waals surface area contributed by atoms with E-state index in [1.807, 2.05) is 13.8 Å². The number of nitrogen functional groups attached to an aromatic ring is 1. The fourth-order valence-corrected chi connectivity index (χ4v) is 1.76. The number of primary amides is 1. The summed E-state index contributed by atoms with van der Waals surface area (Å²) in [4.78, 5) is 23.1. The molecule has 0 aromatic heterocycles. The van der Waals surface area contributed by atoms with Crippen molar-refractivity contribution in [1.82, 2.24) is 0 Å². The zero-order valence-corrected chi connectivity index (χ0v) is 12.0. The highest BCUT2D eigenvalue weighted by Crippen LogP contribution is 2.23. The highest BCUT2D eigenvalue weighted by atomic mass is 16.5. The molecule has 0 aliphatic carbocycles. The maximum Gasteiger partial charge on any atom is 0.338 e. The Kier molecular flexibility index (Phi) is 5.37. The molecular formula is C14H21N3O3. The van der Waals surface area contributed by atoms with Gasteiger partial charge in [-0.2, -0.15) is 0 Å². The summed E-state index contributed by atoms with van der Waals surface area (Å²) in [5.74, 6) is -0.908. The molecule has 5 N–H and O–H groups in total. The molecule has 0 aliphatic rings. The summed E-state index contributed by atoms with van der Waals surface area (Å²) in [6.07, 6.45) is 0. The van der Waals surface area contributed by atoms with Gasteiger partial charge in [-0.25, -0.2) is 4.79 Å². The molecule has 20 heavy (non-hydrogen) atoms. The van der Waals surface area contributed by atoms with Crippen LogP contribution in [0.3, 0.4) is 0 Å². The highest BCUT2D eigenvalue weighted by Gasteiger charge is 2.20. The van der Waals surface area contributed by atoms with Crippen molar-refractivity contribution >= 4 is 23.3 Å². The maximum absolute atomic E-state index is 11.7. The molecule has 0 radical (unpaired) electrons. The third kappa shape index (κ3) is 3.88. The molecule has 1 aromatic rings. The molecule has 0 spiro atoms. The van der Waals surface area contributed by atoms with Gasteiger partial charge in [0.1, 0.15) is 6.04 Å². The summed E-state index contributed by atoms with van der Waals surface area (Å²) in [5.41, 5.74) is 12.5. The molecule has 6 nitrogen and oxygen atoms in total.